The van der Waals surface area contributed by atoms with E-state index in [4.69, 9.17) is 11.5 Å². The summed E-state index contributed by atoms with van der Waals surface area (Å²) in [4.78, 5) is 40.8. The predicted octanol–water partition coefficient (Wildman–Crippen LogP) is 3.42. The average Bonchev–Trinajstić information content (AvgIpc) is 3.42. The molecule has 0 bridgehead atoms. The average molecular weight is 472 g/mol. The predicted molar refractivity (Wildman–Crippen MR) is 130 cm³/mol. The van der Waals surface area contributed by atoms with Gasteiger partial charge in [-0.25, -0.2) is 0 Å². The maximum atomic E-state index is 13.8. The van der Waals surface area contributed by atoms with Crippen LogP contribution in [0.3, 0.4) is 0 Å². The number of aryl methyl sites for hydroxylation is 1. The van der Waals surface area contributed by atoms with Crippen LogP contribution in [-0.4, -0.2) is 39.6 Å². The second kappa shape index (κ2) is 10.8. The number of nitrogens with two attached hydrogens (primary N) is 2. The molecule has 1 atom stereocenters. The summed E-state index contributed by atoms with van der Waals surface area (Å²) in [6, 6.07) is 6.73. The van der Waals surface area contributed by atoms with Crippen molar-refractivity contribution < 1.29 is 14.4 Å². The molecule has 9 heteroatoms. The number of carbonyl (C=O) groups is 3. The zero-order chi connectivity index (χ0) is 24.1. The fraction of sp³-hybridized carbons (Fsp3) is 0.500. The van der Waals surface area contributed by atoms with E-state index in [-0.39, 0.29) is 28.2 Å². The van der Waals surface area contributed by atoms with Gasteiger partial charge in [0, 0.05) is 12.6 Å². The van der Waals surface area contributed by atoms with Gasteiger partial charge < -0.3 is 21.7 Å². The van der Waals surface area contributed by atoms with Crippen LogP contribution in [0.4, 0.5) is 5.69 Å². The van der Waals surface area contributed by atoms with Crippen molar-refractivity contribution in [1.29, 1.82) is 0 Å². The molecule has 1 heterocycles. The van der Waals surface area contributed by atoms with E-state index >= 15 is 0 Å². The van der Waals surface area contributed by atoms with E-state index in [9.17, 15) is 14.4 Å². The molecule has 1 fully saturated rings. The Morgan fingerprint density at radius 3 is 2.36 bits per heavy atom. The van der Waals surface area contributed by atoms with Gasteiger partial charge in [0.2, 0.25) is 5.91 Å². The van der Waals surface area contributed by atoms with E-state index in [0.717, 1.165) is 54.8 Å². The number of nitrogens with one attached hydrogen (secondary N) is 1. The van der Waals surface area contributed by atoms with Gasteiger partial charge in [-0.15, -0.1) is 0 Å². The molecule has 1 aliphatic carbocycles. The lowest BCUT2D eigenvalue weighted by Crippen LogP contribution is -2.48. The maximum Gasteiger partial charge on any atom is 0.270 e. The number of nitrogens with zero attached hydrogens (tertiary/aromatic N) is 2. The number of anilines is 1. The van der Waals surface area contributed by atoms with Gasteiger partial charge in [-0.1, -0.05) is 56.5 Å². The summed E-state index contributed by atoms with van der Waals surface area (Å²) >= 11 is 0.850. The molecule has 0 radical (unpaired) electrons. The van der Waals surface area contributed by atoms with Crippen LogP contribution in [0.1, 0.15) is 83.3 Å². The first kappa shape index (κ1) is 24.7. The molecule has 0 aliphatic heterocycles. The summed E-state index contributed by atoms with van der Waals surface area (Å²) in [6.07, 6.45) is 4.40. The first-order valence-electron chi connectivity index (χ1n) is 11.4. The second-order valence-corrected chi connectivity index (χ2v) is 9.85. The topological polar surface area (TPSA) is 131 Å². The molecule has 33 heavy (non-hydrogen) atoms. The molecule has 1 saturated carbocycles. The highest BCUT2D eigenvalue weighted by molar-refractivity contribution is 7.09. The monoisotopic (exact) mass is 471 g/mol. The Morgan fingerprint density at radius 2 is 1.82 bits per heavy atom. The fourth-order valence-electron chi connectivity index (χ4n) is 4.19. The first-order chi connectivity index (χ1) is 15.7. The summed E-state index contributed by atoms with van der Waals surface area (Å²) in [6.45, 7) is 6.70. The van der Waals surface area contributed by atoms with Crippen LogP contribution in [0.15, 0.2) is 24.3 Å². The van der Waals surface area contributed by atoms with Gasteiger partial charge in [0.15, 0.2) is 5.69 Å². The second-order valence-electron chi connectivity index (χ2n) is 9.08. The van der Waals surface area contributed by atoms with Crippen molar-refractivity contribution in [1.82, 2.24) is 14.6 Å². The van der Waals surface area contributed by atoms with Crippen molar-refractivity contribution in [3.05, 3.63) is 46.0 Å². The Labute approximate surface area is 198 Å². The van der Waals surface area contributed by atoms with Crippen molar-refractivity contribution in [2.45, 2.75) is 65.0 Å². The van der Waals surface area contributed by atoms with E-state index in [2.05, 4.69) is 23.5 Å². The smallest absolute Gasteiger partial charge is 0.270 e. The number of hydrogen-bond acceptors (Lipinski definition) is 6. The minimum atomic E-state index is -0.813. The molecule has 1 aromatic heterocycles. The number of rotatable bonds is 9. The van der Waals surface area contributed by atoms with Gasteiger partial charge in [-0.05, 0) is 49.2 Å². The Bertz CT molecular complexity index is 996. The Kier molecular flexibility index (Phi) is 8.07. The SMILES string of the molecule is Cc1ccc([C@H](C(=O)NCCC(C)C)N(C(=O)c2snc(C(N)=O)c2N)C2CCCC2)cc1. The molecule has 1 aliphatic rings. The molecule has 3 rings (SSSR count). The molecule has 178 valence electrons. The molecule has 2 aromatic rings. The quantitative estimate of drug-likeness (QED) is 0.516. The number of amides is 3. The molecular weight excluding hydrogens is 438 g/mol. The Balaban J connectivity index is 2.04. The molecule has 5 N–H and O–H groups in total. The van der Waals surface area contributed by atoms with Crippen LogP contribution in [0.5, 0.6) is 0 Å². The molecule has 0 spiro atoms. The van der Waals surface area contributed by atoms with Gasteiger partial charge in [0.25, 0.3) is 11.8 Å². The lowest BCUT2D eigenvalue weighted by Gasteiger charge is -2.36. The highest BCUT2D eigenvalue weighted by atomic mass is 32.1. The fourth-order valence-corrected chi connectivity index (χ4v) is 4.94. The lowest BCUT2D eigenvalue weighted by molar-refractivity contribution is -0.126. The zero-order valence-electron chi connectivity index (χ0n) is 19.5. The van der Waals surface area contributed by atoms with Gasteiger partial charge in [-0.2, -0.15) is 4.37 Å². The summed E-state index contributed by atoms with van der Waals surface area (Å²) in [5, 5.41) is 3.03. The summed E-state index contributed by atoms with van der Waals surface area (Å²) in [5.74, 6) is -0.955. The van der Waals surface area contributed by atoms with Crippen LogP contribution >= 0.6 is 11.5 Å². The van der Waals surface area contributed by atoms with E-state index in [1.54, 1.807) is 4.90 Å². The van der Waals surface area contributed by atoms with Crippen LogP contribution in [-0.2, 0) is 4.79 Å². The van der Waals surface area contributed by atoms with Crippen molar-refractivity contribution in [2.75, 3.05) is 12.3 Å². The lowest BCUT2D eigenvalue weighted by atomic mass is 9.99. The van der Waals surface area contributed by atoms with E-state index in [1.807, 2.05) is 31.2 Å². The molecule has 0 unspecified atom stereocenters. The minimum Gasteiger partial charge on any atom is -0.395 e. The number of hydrogen-bond donors (Lipinski definition) is 3. The Hall–Kier alpha value is -2.94. The molecular formula is C24H33N5O3S. The van der Waals surface area contributed by atoms with Crippen LogP contribution in [0.25, 0.3) is 0 Å². The molecule has 1 aromatic carbocycles. The molecule has 3 amide bonds. The maximum absolute atomic E-state index is 13.8. The first-order valence-corrected chi connectivity index (χ1v) is 12.2. The standard InChI is InChI=1S/C24H33N5O3S/c1-14(2)12-13-27-23(31)20(16-10-8-15(3)9-11-16)29(17-6-4-5-7-17)24(32)21-18(25)19(22(26)30)28-33-21/h8-11,14,17,20H,4-7,12-13,25H2,1-3H3,(H2,26,30)(H,27,31)/t20-/m1/s1. The minimum absolute atomic E-state index is 0.0247. The van der Waals surface area contributed by atoms with Crippen molar-refractivity contribution in [3.8, 4) is 0 Å². The highest BCUT2D eigenvalue weighted by Crippen LogP contribution is 2.35. The van der Waals surface area contributed by atoms with Crippen LogP contribution < -0.4 is 16.8 Å². The van der Waals surface area contributed by atoms with Crippen molar-refractivity contribution in [3.63, 3.8) is 0 Å². The molecule has 8 nitrogen and oxygen atoms in total. The van der Waals surface area contributed by atoms with Gasteiger partial charge >= 0.3 is 0 Å². The normalized spacial score (nSPS) is 14.9. The van der Waals surface area contributed by atoms with E-state index < -0.39 is 17.9 Å². The van der Waals surface area contributed by atoms with Crippen LogP contribution in [0.2, 0.25) is 0 Å². The van der Waals surface area contributed by atoms with E-state index in [0.29, 0.717) is 12.5 Å². The summed E-state index contributed by atoms with van der Waals surface area (Å²) in [5.41, 5.74) is 13.1. The summed E-state index contributed by atoms with van der Waals surface area (Å²) in [7, 11) is 0. The van der Waals surface area contributed by atoms with Gasteiger partial charge in [-0.3, -0.25) is 14.4 Å². The van der Waals surface area contributed by atoms with Crippen molar-refractivity contribution in [2.24, 2.45) is 11.7 Å². The summed E-state index contributed by atoms with van der Waals surface area (Å²) < 4.78 is 4.00. The van der Waals surface area contributed by atoms with Crippen LogP contribution in [0, 0.1) is 12.8 Å². The zero-order valence-corrected chi connectivity index (χ0v) is 20.3. The largest absolute Gasteiger partial charge is 0.395 e. The number of carbonyl (C=O) groups excluding carboxylic acids is 3. The number of benzene rings is 1. The third-order valence-corrected chi connectivity index (χ3v) is 6.90. The Morgan fingerprint density at radius 1 is 1.18 bits per heavy atom. The van der Waals surface area contributed by atoms with Gasteiger partial charge in [0.1, 0.15) is 10.9 Å². The third-order valence-electron chi connectivity index (χ3n) is 6.05. The number of aromatic nitrogens is 1. The number of primary amides is 1. The molecule has 0 saturated heterocycles. The number of nitrogen functional groups attached to an aromatic ring is 1. The van der Waals surface area contributed by atoms with E-state index in [1.165, 1.54) is 0 Å². The third kappa shape index (κ3) is 5.71. The highest BCUT2D eigenvalue weighted by Gasteiger charge is 2.39. The van der Waals surface area contributed by atoms with Gasteiger partial charge in [0.05, 0.1) is 5.69 Å². The van der Waals surface area contributed by atoms with Crippen molar-refractivity contribution >= 4 is 34.9 Å².